The molecule has 3 nitrogen and oxygen atoms in total. The molecular formula is C18H35N3. The van der Waals surface area contributed by atoms with Crippen molar-refractivity contribution in [3.63, 3.8) is 0 Å². The first-order chi connectivity index (χ1) is 10.2. The summed E-state index contributed by atoms with van der Waals surface area (Å²) in [6.07, 6.45) is 10.0. The van der Waals surface area contributed by atoms with E-state index in [9.17, 15) is 0 Å². The number of hydrogen-bond acceptors (Lipinski definition) is 3. The molecule has 1 atom stereocenters. The minimum absolute atomic E-state index is 0.568. The van der Waals surface area contributed by atoms with E-state index in [4.69, 9.17) is 0 Å². The summed E-state index contributed by atoms with van der Waals surface area (Å²) in [6, 6.07) is 1.49. The molecule has 0 aromatic heterocycles. The highest BCUT2D eigenvalue weighted by atomic mass is 15.3. The Labute approximate surface area is 131 Å². The summed E-state index contributed by atoms with van der Waals surface area (Å²) in [7, 11) is 0. The highest BCUT2D eigenvalue weighted by molar-refractivity contribution is 4.92. The molecule has 2 aliphatic heterocycles. The summed E-state index contributed by atoms with van der Waals surface area (Å²) in [5.41, 5.74) is 0.568. The third-order valence-corrected chi connectivity index (χ3v) is 6.00. The van der Waals surface area contributed by atoms with Crippen molar-refractivity contribution in [2.75, 3.05) is 39.3 Å². The van der Waals surface area contributed by atoms with Crippen LogP contribution >= 0.6 is 0 Å². The van der Waals surface area contributed by atoms with Crippen molar-refractivity contribution in [2.24, 2.45) is 5.41 Å². The fraction of sp³-hybridized carbons (Fsp3) is 1.00. The smallest absolute Gasteiger partial charge is 0.0223 e. The molecule has 0 radical (unpaired) electrons. The topological polar surface area (TPSA) is 18.5 Å². The molecule has 3 aliphatic rings. The third-order valence-electron chi connectivity index (χ3n) is 6.00. The van der Waals surface area contributed by atoms with Crippen molar-refractivity contribution >= 4 is 0 Å². The number of rotatable bonds is 5. The molecule has 3 fully saturated rings. The number of nitrogens with one attached hydrogen (secondary N) is 1. The molecule has 3 rings (SSSR count). The molecule has 0 amide bonds. The van der Waals surface area contributed by atoms with Crippen molar-refractivity contribution in [3.05, 3.63) is 0 Å². The Hall–Kier alpha value is -0.120. The van der Waals surface area contributed by atoms with E-state index in [1.807, 2.05) is 0 Å². The zero-order chi connectivity index (χ0) is 14.7. The largest absolute Gasteiger partial charge is 0.314 e. The fourth-order valence-electron chi connectivity index (χ4n) is 4.84. The molecule has 0 bridgehead atoms. The fourth-order valence-corrected chi connectivity index (χ4v) is 4.84. The summed E-state index contributed by atoms with van der Waals surface area (Å²) < 4.78 is 0. The van der Waals surface area contributed by atoms with Crippen molar-refractivity contribution < 1.29 is 0 Å². The second kappa shape index (κ2) is 6.97. The maximum Gasteiger partial charge on any atom is 0.0223 e. The summed E-state index contributed by atoms with van der Waals surface area (Å²) >= 11 is 0. The maximum absolute atomic E-state index is 3.74. The van der Waals surface area contributed by atoms with Crippen LogP contribution in [0.1, 0.15) is 58.8 Å². The Bertz CT molecular complexity index is 322. The lowest BCUT2D eigenvalue weighted by Gasteiger charge is -2.37. The Balaban J connectivity index is 1.59. The van der Waals surface area contributed by atoms with Gasteiger partial charge in [-0.1, -0.05) is 26.7 Å². The zero-order valence-electron chi connectivity index (χ0n) is 14.2. The van der Waals surface area contributed by atoms with Gasteiger partial charge < -0.3 is 10.2 Å². The van der Waals surface area contributed by atoms with Gasteiger partial charge in [0, 0.05) is 31.7 Å². The first-order valence-corrected chi connectivity index (χ1v) is 9.37. The van der Waals surface area contributed by atoms with E-state index in [0.717, 1.165) is 6.04 Å². The monoisotopic (exact) mass is 293 g/mol. The zero-order valence-corrected chi connectivity index (χ0v) is 14.2. The van der Waals surface area contributed by atoms with E-state index >= 15 is 0 Å². The second-order valence-electron chi connectivity index (χ2n) is 8.16. The second-order valence-corrected chi connectivity index (χ2v) is 8.16. The van der Waals surface area contributed by atoms with Crippen LogP contribution in [0.15, 0.2) is 0 Å². The Morgan fingerprint density at radius 2 is 1.81 bits per heavy atom. The van der Waals surface area contributed by atoms with Crippen LogP contribution in [0, 0.1) is 5.41 Å². The molecule has 0 aromatic carbocycles. The Morgan fingerprint density at radius 1 is 1.05 bits per heavy atom. The minimum Gasteiger partial charge on any atom is -0.314 e. The summed E-state index contributed by atoms with van der Waals surface area (Å²) in [6.45, 7) is 12.5. The Kier molecular flexibility index (Phi) is 5.23. The van der Waals surface area contributed by atoms with Crippen LogP contribution in [0.3, 0.4) is 0 Å². The lowest BCUT2D eigenvalue weighted by Crippen LogP contribution is -2.46. The number of nitrogens with zero attached hydrogens (tertiary/aromatic N) is 2. The molecule has 21 heavy (non-hydrogen) atoms. The molecule has 1 N–H and O–H groups in total. The quantitative estimate of drug-likeness (QED) is 0.841. The lowest BCUT2D eigenvalue weighted by atomic mass is 9.85. The molecule has 0 spiro atoms. The van der Waals surface area contributed by atoms with Crippen LogP contribution in [-0.2, 0) is 0 Å². The van der Waals surface area contributed by atoms with Gasteiger partial charge in [-0.25, -0.2) is 0 Å². The highest BCUT2D eigenvalue weighted by Crippen LogP contribution is 2.39. The van der Waals surface area contributed by atoms with E-state index in [1.54, 1.807) is 0 Å². The molecule has 1 saturated carbocycles. The molecule has 1 unspecified atom stereocenters. The first-order valence-electron chi connectivity index (χ1n) is 9.37. The van der Waals surface area contributed by atoms with E-state index < -0.39 is 0 Å². The molecule has 2 saturated heterocycles. The predicted octanol–water partition coefficient (Wildman–Crippen LogP) is 2.71. The van der Waals surface area contributed by atoms with E-state index in [0.29, 0.717) is 11.5 Å². The van der Waals surface area contributed by atoms with Crippen LogP contribution in [0.4, 0.5) is 0 Å². The van der Waals surface area contributed by atoms with Crippen LogP contribution in [0.25, 0.3) is 0 Å². The van der Waals surface area contributed by atoms with Gasteiger partial charge in [0.1, 0.15) is 0 Å². The molecule has 122 valence electrons. The van der Waals surface area contributed by atoms with Crippen LogP contribution in [0.5, 0.6) is 0 Å². The summed E-state index contributed by atoms with van der Waals surface area (Å²) in [5, 5.41) is 3.74. The molecule has 0 aromatic rings. The number of fused-ring (bicyclic) bond motifs is 1. The molecule has 2 heterocycles. The van der Waals surface area contributed by atoms with E-state index in [2.05, 4.69) is 29.0 Å². The van der Waals surface area contributed by atoms with Crippen LogP contribution < -0.4 is 5.32 Å². The summed E-state index contributed by atoms with van der Waals surface area (Å²) in [4.78, 5) is 5.58. The normalized spacial score (nSPS) is 30.7. The minimum atomic E-state index is 0.568. The summed E-state index contributed by atoms with van der Waals surface area (Å²) in [5.74, 6) is 0. The van der Waals surface area contributed by atoms with Gasteiger partial charge in [-0.2, -0.15) is 0 Å². The predicted molar refractivity (Wildman–Crippen MR) is 89.7 cm³/mol. The molecule has 1 aliphatic carbocycles. The third kappa shape index (κ3) is 4.00. The Morgan fingerprint density at radius 3 is 2.57 bits per heavy atom. The maximum atomic E-state index is 3.74. The average Bonchev–Trinajstić information content (AvgIpc) is 3.04. The van der Waals surface area contributed by atoms with Gasteiger partial charge in [0.15, 0.2) is 0 Å². The van der Waals surface area contributed by atoms with Crippen molar-refractivity contribution in [2.45, 2.75) is 70.9 Å². The van der Waals surface area contributed by atoms with Crippen LogP contribution in [0.2, 0.25) is 0 Å². The number of hydrogen-bond donors (Lipinski definition) is 1. The van der Waals surface area contributed by atoms with Crippen molar-refractivity contribution in [1.82, 2.24) is 15.1 Å². The van der Waals surface area contributed by atoms with Gasteiger partial charge in [0.25, 0.3) is 0 Å². The van der Waals surface area contributed by atoms with E-state index in [-0.39, 0.29) is 0 Å². The lowest BCUT2D eigenvalue weighted by molar-refractivity contribution is 0.136. The van der Waals surface area contributed by atoms with Gasteiger partial charge in [-0.05, 0) is 57.2 Å². The SMILES string of the molecule is CC(C)NCC1(CN2CCCN3CCCC3C2)CCCC1. The molecular weight excluding hydrogens is 258 g/mol. The first kappa shape index (κ1) is 15.8. The average molecular weight is 293 g/mol. The highest BCUT2D eigenvalue weighted by Gasteiger charge is 2.37. The van der Waals surface area contributed by atoms with Crippen LogP contribution in [-0.4, -0.2) is 61.2 Å². The molecule has 3 heteroatoms. The van der Waals surface area contributed by atoms with Gasteiger partial charge in [-0.3, -0.25) is 4.90 Å². The van der Waals surface area contributed by atoms with Gasteiger partial charge in [0.2, 0.25) is 0 Å². The van der Waals surface area contributed by atoms with Gasteiger partial charge in [0.05, 0.1) is 0 Å². The van der Waals surface area contributed by atoms with Gasteiger partial charge >= 0.3 is 0 Å². The van der Waals surface area contributed by atoms with Crippen molar-refractivity contribution in [3.8, 4) is 0 Å². The van der Waals surface area contributed by atoms with E-state index in [1.165, 1.54) is 84.2 Å². The van der Waals surface area contributed by atoms with Gasteiger partial charge in [-0.15, -0.1) is 0 Å². The van der Waals surface area contributed by atoms with Crippen molar-refractivity contribution in [1.29, 1.82) is 0 Å². The standard InChI is InChI=1S/C18H35N3/c1-16(2)19-14-18(8-3-4-9-18)15-20-10-6-12-21-11-5-7-17(21)13-20/h16-17,19H,3-15H2,1-2H3.